The molecule has 0 spiro atoms. The molecule has 1 aromatic rings. The fraction of sp³-hybridized carbons (Fsp3) is 0.781. The molecule has 216 valence electrons. The van der Waals surface area contributed by atoms with E-state index in [1.807, 2.05) is 0 Å². The van der Waals surface area contributed by atoms with Gasteiger partial charge in [-0.3, -0.25) is 4.79 Å². The fourth-order valence-corrected chi connectivity index (χ4v) is 10.5. The average Bonchev–Trinajstić information content (AvgIpc) is 3.46. The van der Waals surface area contributed by atoms with Crippen LogP contribution in [0.2, 0.25) is 0 Å². The zero-order chi connectivity index (χ0) is 27.9. The molecule has 3 N–H and O–H groups in total. The lowest BCUT2D eigenvalue weighted by Crippen LogP contribution is -2.62. The van der Waals surface area contributed by atoms with Crippen LogP contribution in [0.25, 0.3) is 0 Å². The van der Waals surface area contributed by atoms with Crippen LogP contribution in [-0.2, 0) is 11.2 Å². The molecule has 1 aromatic carbocycles. The van der Waals surface area contributed by atoms with E-state index in [1.54, 1.807) is 0 Å². The lowest BCUT2D eigenvalue weighted by Gasteiger charge is -2.63. The van der Waals surface area contributed by atoms with Crippen molar-refractivity contribution in [2.24, 2.45) is 46.3 Å². The summed E-state index contributed by atoms with van der Waals surface area (Å²) in [7, 11) is 0. The molecule has 4 aliphatic carbocycles. The number of nitrogens with zero attached hydrogens (tertiary/aromatic N) is 1. The Labute approximate surface area is 231 Å². The monoisotopic (exact) mass is 545 g/mol. The number of carbonyl (C=O) groups excluding carboxylic acids is 1. The van der Waals surface area contributed by atoms with Crippen LogP contribution in [-0.4, -0.2) is 46.1 Å². The second kappa shape index (κ2) is 9.77. The van der Waals surface area contributed by atoms with Crippen molar-refractivity contribution in [2.45, 2.75) is 103 Å². The number of fused-ring (bicyclic) bond motifs is 6. The van der Waals surface area contributed by atoms with E-state index in [-0.39, 0.29) is 52.4 Å². The van der Waals surface area contributed by atoms with Gasteiger partial charge in [-0.2, -0.15) is 0 Å². The van der Waals surface area contributed by atoms with E-state index in [9.17, 15) is 28.9 Å². The van der Waals surface area contributed by atoms with E-state index < -0.39 is 23.8 Å². The summed E-state index contributed by atoms with van der Waals surface area (Å²) in [5, 5.41) is 33.6. The maximum Gasteiger partial charge on any atom is 0.227 e. The minimum absolute atomic E-state index is 0.0481. The Morgan fingerprint density at radius 3 is 2.62 bits per heavy atom. The quantitative estimate of drug-likeness (QED) is 0.484. The molecule has 0 bridgehead atoms. The SMILES string of the molecule is C[C@H](CCC(=O)N1CCc2c(F)cc(F)cc21)[C@H]1CC[C@H]2[C@@H]3[C@H](O)C[C@@H]4C[C@H](O)CC[C@]4(C)[C@H]3C[C@H](O)[C@]12C. The molecule has 0 radical (unpaired) electrons. The maximum absolute atomic E-state index is 14.2. The highest BCUT2D eigenvalue weighted by molar-refractivity contribution is 5.95. The Morgan fingerprint density at radius 1 is 1.08 bits per heavy atom. The third kappa shape index (κ3) is 4.20. The van der Waals surface area contributed by atoms with Gasteiger partial charge in [0.05, 0.1) is 24.0 Å². The Bertz CT molecular complexity index is 1130. The van der Waals surface area contributed by atoms with Crippen LogP contribution < -0.4 is 4.90 Å². The molecule has 0 aromatic heterocycles. The van der Waals surface area contributed by atoms with Crippen LogP contribution >= 0.6 is 0 Å². The van der Waals surface area contributed by atoms with E-state index in [1.165, 1.54) is 11.0 Å². The number of hydrogen-bond acceptors (Lipinski definition) is 4. The predicted molar refractivity (Wildman–Crippen MR) is 145 cm³/mol. The first-order valence-electron chi connectivity index (χ1n) is 15.3. The van der Waals surface area contributed by atoms with Crippen molar-refractivity contribution in [2.75, 3.05) is 11.4 Å². The molecule has 7 heteroatoms. The van der Waals surface area contributed by atoms with Gasteiger partial charge >= 0.3 is 0 Å². The molecule has 6 rings (SSSR count). The summed E-state index contributed by atoms with van der Waals surface area (Å²) in [6.07, 6.45) is 6.15. The van der Waals surface area contributed by atoms with Gasteiger partial charge in [-0.1, -0.05) is 20.8 Å². The summed E-state index contributed by atoms with van der Waals surface area (Å²) >= 11 is 0. The van der Waals surface area contributed by atoms with Crippen molar-refractivity contribution in [3.05, 3.63) is 29.3 Å². The molecular weight excluding hydrogens is 500 g/mol. The summed E-state index contributed by atoms with van der Waals surface area (Å²) in [6.45, 7) is 7.13. The minimum atomic E-state index is -0.664. The van der Waals surface area contributed by atoms with Crippen LogP contribution in [0.4, 0.5) is 14.5 Å². The van der Waals surface area contributed by atoms with Crippen molar-refractivity contribution in [1.29, 1.82) is 0 Å². The van der Waals surface area contributed by atoms with Gasteiger partial charge in [-0.25, -0.2) is 8.78 Å². The number of amides is 1. The molecular formula is C32H45F2NO4. The summed E-state index contributed by atoms with van der Waals surface area (Å²) in [4.78, 5) is 14.7. The third-order valence-electron chi connectivity index (χ3n) is 12.6. The minimum Gasteiger partial charge on any atom is -0.393 e. The zero-order valence-corrected chi connectivity index (χ0v) is 23.6. The fourth-order valence-electron chi connectivity index (χ4n) is 10.5. The molecule has 11 atom stereocenters. The van der Waals surface area contributed by atoms with Crippen LogP contribution in [0, 0.1) is 58.0 Å². The maximum atomic E-state index is 14.2. The summed E-state index contributed by atoms with van der Waals surface area (Å²) < 4.78 is 28.1. The van der Waals surface area contributed by atoms with E-state index in [2.05, 4.69) is 20.8 Å². The van der Waals surface area contributed by atoms with Crippen LogP contribution in [0.3, 0.4) is 0 Å². The topological polar surface area (TPSA) is 81.0 Å². The van der Waals surface area contributed by atoms with Crippen LogP contribution in [0.5, 0.6) is 0 Å². The first-order chi connectivity index (χ1) is 18.4. The van der Waals surface area contributed by atoms with E-state index >= 15 is 0 Å². The predicted octanol–water partition coefficient (Wildman–Crippen LogP) is 5.23. The van der Waals surface area contributed by atoms with Crippen LogP contribution in [0.1, 0.15) is 84.1 Å². The molecule has 1 aliphatic heterocycles. The second-order valence-corrected chi connectivity index (χ2v) is 14.2. The van der Waals surface area contributed by atoms with Crippen LogP contribution in [0.15, 0.2) is 12.1 Å². The second-order valence-electron chi connectivity index (χ2n) is 14.2. The van der Waals surface area contributed by atoms with Gasteiger partial charge in [0.2, 0.25) is 5.91 Å². The summed E-state index contributed by atoms with van der Waals surface area (Å²) in [6, 6.07) is 2.14. The molecule has 39 heavy (non-hydrogen) atoms. The van der Waals surface area contributed by atoms with E-state index in [4.69, 9.17) is 0 Å². The van der Waals surface area contributed by atoms with Gasteiger partial charge in [0.1, 0.15) is 11.6 Å². The number of halogens is 2. The first kappa shape index (κ1) is 27.6. The largest absolute Gasteiger partial charge is 0.393 e. The number of rotatable bonds is 4. The molecule has 5 nitrogen and oxygen atoms in total. The Kier molecular flexibility index (Phi) is 6.91. The van der Waals surface area contributed by atoms with E-state index in [0.717, 1.165) is 44.6 Å². The van der Waals surface area contributed by atoms with Gasteiger partial charge in [0.25, 0.3) is 0 Å². The number of aliphatic hydroxyl groups is 3. The highest BCUT2D eigenvalue weighted by atomic mass is 19.1. The summed E-state index contributed by atoms with van der Waals surface area (Å²) in [5.41, 5.74) is 0.513. The number of benzene rings is 1. The highest BCUT2D eigenvalue weighted by Crippen LogP contribution is 2.68. The molecule has 5 aliphatic rings. The van der Waals surface area contributed by atoms with Crippen molar-refractivity contribution in [3.63, 3.8) is 0 Å². The molecule has 1 heterocycles. The number of hydrogen-bond donors (Lipinski definition) is 3. The average molecular weight is 546 g/mol. The normalized spacial score (nSPS) is 43.8. The van der Waals surface area contributed by atoms with Crippen molar-refractivity contribution >= 4 is 11.6 Å². The van der Waals surface area contributed by atoms with Crippen molar-refractivity contribution in [3.8, 4) is 0 Å². The van der Waals surface area contributed by atoms with Crippen molar-refractivity contribution < 1.29 is 28.9 Å². The van der Waals surface area contributed by atoms with Crippen molar-refractivity contribution in [1.82, 2.24) is 0 Å². The Hall–Kier alpha value is -1.57. The smallest absolute Gasteiger partial charge is 0.227 e. The van der Waals surface area contributed by atoms with Gasteiger partial charge in [-0.05, 0) is 110 Å². The zero-order valence-electron chi connectivity index (χ0n) is 23.6. The van der Waals surface area contributed by atoms with E-state index in [0.29, 0.717) is 49.4 Å². The number of aliphatic hydroxyl groups excluding tert-OH is 3. The van der Waals surface area contributed by atoms with Gasteiger partial charge < -0.3 is 20.2 Å². The molecule has 0 saturated heterocycles. The molecule has 4 fully saturated rings. The molecule has 0 unspecified atom stereocenters. The number of carbonyl (C=O) groups is 1. The Balaban J connectivity index is 1.16. The first-order valence-corrected chi connectivity index (χ1v) is 15.3. The van der Waals surface area contributed by atoms with Gasteiger partial charge in [0.15, 0.2) is 0 Å². The molecule has 4 saturated carbocycles. The third-order valence-corrected chi connectivity index (χ3v) is 12.6. The lowest BCUT2D eigenvalue weighted by atomic mass is 9.43. The lowest BCUT2D eigenvalue weighted by molar-refractivity contribution is -0.207. The highest BCUT2D eigenvalue weighted by Gasteiger charge is 2.65. The Morgan fingerprint density at radius 2 is 1.85 bits per heavy atom. The molecule has 1 amide bonds. The number of anilines is 1. The standard InChI is InChI=1S/C32H45F2NO4/c1-17(4-7-29(39)35-11-9-21-25(34)14-19(33)15-26(21)35)22-5-6-23-30-24(16-28(38)32(22,23)3)31(2)10-8-20(36)12-18(31)13-27(30)37/h14-15,17-18,20,22-24,27-28,30,36-38H,4-13,16H2,1-3H3/t17-,18+,20-,22-,23+,24+,27-,28+,30+,31+,32-/m1/s1. The summed E-state index contributed by atoms with van der Waals surface area (Å²) in [5.74, 6) is 0.0716. The van der Waals surface area contributed by atoms with Gasteiger partial charge in [0, 0.05) is 24.6 Å². The van der Waals surface area contributed by atoms with Gasteiger partial charge in [-0.15, -0.1) is 0 Å².